The molecule has 8 rings (SSSR count). The first kappa shape index (κ1) is 30.5. The second kappa shape index (κ2) is 12.3. The number of nitrogens with one attached hydrogen (secondary N) is 1. The van der Waals surface area contributed by atoms with Gasteiger partial charge in [0.25, 0.3) is 0 Å². The number of para-hydroxylation sites is 1. The second-order valence-electron chi connectivity index (χ2n) is 13.4. The minimum atomic E-state index is -0.0855. The Kier molecular flexibility index (Phi) is 7.65. The summed E-state index contributed by atoms with van der Waals surface area (Å²) in [5.41, 5.74) is 17.0. The Balaban J connectivity index is 1.26. The number of rotatable bonds is 7. The normalized spacial score (nSPS) is 13.5. The Morgan fingerprint density at radius 1 is 0.592 bits per heavy atom. The molecule has 1 N–H and O–H groups in total. The van der Waals surface area contributed by atoms with Crippen LogP contribution >= 0.6 is 0 Å². The van der Waals surface area contributed by atoms with Crippen LogP contribution in [0.25, 0.3) is 50.0 Å². The molecule has 49 heavy (non-hydrogen) atoms. The van der Waals surface area contributed by atoms with Crippen LogP contribution in [-0.4, -0.2) is 4.98 Å². The van der Waals surface area contributed by atoms with E-state index in [1.54, 1.807) is 0 Å². The first-order chi connectivity index (χ1) is 24.0. The largest absolute Gasteiger partial charge is 0.354 e. The van der Waals surface area contributed by atoms with E-state index in [9.17, 15) is 0 Å². The minimum absolute atomic E-state index is 0.0855. The van der Waals surface area contributed by atoms with Gasteiger partial charge in [0.15, 0.2) is 0 Å². The van der Waals surface area contributed by atoms with Crippen molar-refractivity contribution in [2.75, 3.05) is 4.90 Å². The summed E-state index contributed by atoms with van der Waals surface area (Å²) in [6.45, 7) is 8.86. The lowest BCUT2D eigenvalue weighted by Crippen LogP contribution is -2.16. The molecule has 0 atom stereocenters. The summed E-state index contributed by atoms with van der Waals surface area (Å²) in [6.07, 6.45) is 6.43. The molecular formula is C47H40N2. The van der Waals surface area contributed by atoms with E-state index < -0.39 is 0 Å². The van der Waals surface area contributed by atoms with Crippen LogP contribution in [0.15, 0.2) is 164 Å². The number of allylic oxidation sites excluding steroid dienone is 4. The van der Waals surface area contributed by atoms with Crippen molar-refractivity contribution in [3.05, 3.63) is 181 Å². The number of aromatic amines is 1. The summed E-state index contributed by atoms with van der Waals surface area (Å²) in [5.74, 6) is 0. The lowest BCUT2D eigenvalue weighted by Gasteiger charge is -2.28. The van der Waals surface area contributed by atoms with E-state index in [2.05, 4.69) is 201 Å². The molecular weight excluding hydrogens is 593 g/mol. The predicted octanol–water partition coefficient (Wildman–Crippen LogP) is 13.3. The molecule has 7 aromatic rings. The van der Waals surface area contributed by atoms with Crippen LogP contribution in [0.1, 0.15) is 44.4 Å². The van der Waals surface area contributed by atoms with Gasteiger partial charge in [-0.25, -0.2) is 0 Å². The zero-order valence-electron chi connectivity index (χ0n) is 28.5. The van der Waals surface area contributed by atoms with Gasteiger partial charge in [0.1, 0.15) is 0 Å². The topological polar surface area (TPSA) is 19.0 Å². The molecule has 0 bridgehead atoms. The Hall–Kier alpha value is -5.86. The number of anilines is 3. The summed E-state index contributed by atoms with van der Waals surface area (Å²) in [6, 6.07) is 53.1. The molecule has 2 nitrogen and oxygen atoms in total. The van der Waals surface area contributed by atoms with Crippen molar-refractivity contribution < 1.29 is 0 Å². The lowest BCUT2D eigenvalue weighted by atomic mass is 9.82. The number of aromatic nitrogens is 1. The number of hydrogen-bond acceptors (Lipinski definition) is 1. The van der Waals surface area contributed by atoms with Gasteiger partial charge < -0.3 is 9.88 Å². The molecule has 0 radical (unpaired) electrons. The molecule has 0 saturated carbocycles. The number of nitrogens with zero attached hydrogens (tertiary/aromatic N) is 1. The van der Waals surface area contributed by atoms with E-state index in [0.717, 1.165) is 28.3 Å². The van der Waals surface area contributed by atoms with E-state index in [-0.39, 0.29) is 5.41 Å². The van der Waals surface area contributed by atoms with Gasteiger partial charge in [-0.05, 0) is 101 Å². The summed E-state index contributed by atoms with van der Waals surface area (Å²) >= 11 is 0. The highest BCUT2D eigenvalue weighted by atomic mass is 15.1. The van der Waals surface area contributed by atoms with E-state index >= 15 is 0 Å². The van der Waals surface area contributed by atoms with Crippen LogP contribution in [0.5, 0.6) is 0 Å². The number of hydrogen-bond donors (Lipinski definition) is 1. The first-order valence-corrected chi connectivity index (χ1v) is 17.2. The van der Waals surface area contributed by atoms with Crippen LogP contribution in [0.2, 0.25) is 0 Å². The van der Waals surface area contributed by atoms with Crippen molar-refractivity contribution in [2.24, 2.45) is 0 Å². The zero-order chi connectivity index (χ0) is 33.5. The Morgan fingerprint density at radius 3 is 1.96 bits per heavy atom. The van der Waals surface area contributed by atoms with Crippen LogP contribution in [-0.2, 0) is 5.41 Å². The minimum Gasteiger partial charge on any atom is -0.354 e. The molecule has 0 aliphatic heterocycles. The summed E-state index contributed by atoms with van der Waals surface area (Å²) < 4.78 is 0. The lowest BCUT2D eigenvalue weighted by molar-refractivity contribution is 0.660. The Labute approximate surface area is 289 Å². The molecule has 0 fully saturated rings. The van der Waals surface area contributed by atoms with Crippen LogP contribution in [0.4, 0.5) is 17.1 Å². The SMILES string of the molecule is C/C=C\C(=C/C)c1ccc(N(c2ccc(-c3c(-c4ccccc4)[nH]c4ccccc34)cc2)c2ccc3c(c2)C(C)(C)c2ccccc2-3)cc1. The zero-order valence-corrected chi connectivity index (χ0v) is 28.5. The number of H-pyrrole nitrogens is 1. The van der Waals surface area contributed by atoms with Gasteiger partial charge in [-0.2, -0.15) is 0 Å². The molecule has 0 spiro atoms. The van der Waals surface area contributed by atoms with Gasteiger partial charge in [-0.15, -0.1) is 0 Å². The Bertz CT molecular complexity index is 2350. The Morgan fingerprint density at radius 2 is 1.22 bits per heavy atom. The maximum atomic E-state index is 3.72. The van der Waals surface area contributed by atoms with Gasteiger partial charge >= 0.3 is 0 Å². The molecule has 1 heterocycles. The van der Waals surface area contributed by atoms with Crippen LogP contribution in [0, 0.1) is 0 Å². The van der Waals surface area contributed by atoms with Gasteiger partial charge in [0.05, 0.1) is 5.69 Å². The number of benzene rings is 6. The molecule has 1 aromatic heterocycles. The molecule has 1 aliphatic rings. The average molecular weight is 633 g/mol. The molecule has 1 aliphatic carbocycles. The summed E-state index contributed by atoms with van der Waals surface area (Å²) in [7, 11) is 0. The summed E-state index contributed by atoms with van der Waals surface area (Å²) in [4.78, 5) is 6.11. The highest BCUT2D eigenvalue weighted by Gasteiger charge is 2.35. The van der Waals surface area contributed by atoms with Crippen LogP contribution in [0.3, 0.4) is 0 Å². The molecule has 238 valence electrons. The second-order valence-corrected chi connectivity index (χ2v) is 13.4. The first-order valence-electron chi connectivity index (χ1n) is 17.2. The standard InChI is InChI=1S/C47H40N2/c1-5-14-32(6-2)33-21-25-36(26-22-33)49(38-29-30-40-39-17-10-12-19-42(39)47(3,4)43(40)31-38)37-27-23-34(24-28-37)45-41-18-11-13-20-44(41)48-46(45)35-15-8-7-9-16-35/h5-31,48H,1-4H3/b14-5-,32-6+. The highest BCUT2D eigenvalue weighted by Crippen LogP contribution is 2.50. The fourth-order valence-corrected chi connectivity index (χ4v) is 7.66. The smallest absolute Gasteiger partial charge is 0.0544 e. The van der Waals surface area contributed by atoms with Crippen molar-refractivity contribution in [1.29, 1.82) is 0 Å². The van der Waals surface area contributed by atoms with Gasteiger partial charge in [0, 0.05) is 38.9 Å². The van der Waals surface area contributed by atoms with E-state index in [1.165, 1.54) is 55.5 Å². The van der Waals surface area contributed by atoms with Gasteiger partial charge in [0.2, 0.25) is 0 Å². The van der Waals surface area contributed by atoms with Crippen molar-refractivity contribution >= 4 is 33.5 Å². The van der Waals surface area contributed by atoms with Crippen molar-refractivity contribution in [3.8, 4) is 33.5 Å². The van der Waals surface area contributed by atoms with Gasteiger partial charge in [-0.3, -0.25) is 0 Å². The van der Waals surface area contributed by atoms with E-state index in [4.69, 9.17) is 0 Å². The number of fused-ring (bicyclic) bond motifs is 4. The third-order valence-electron chi connectivity index (χ3n) is 10.1. The predicted molar refractivity (Wildman–Crippen MR) is 210 cm³/mol. The monoisotopic (exact) mass is 632 g/mol. The van der Waals surface area contributed by atoms with Crippen molar-refractivity contribution in [3.63, 3.8) is 0 Å². The quantitative estimate of drug-likeness (QED) is 0.173. The van der Waals surface area contributed by atoms with Crippen LogP contribution < -0.4 is 4.90 Å². The van der Waals surface area contributed by atoms with E-state index in [1.807, 2.05) is 0 Å². The summed E-state index contributed by atoms with van der Waals surface area (Å²) in [5, 5.41) is 1.22. The molecule has 0 amide bonds. The molecule has 2 heteroatoms. The van der Waals surface area contributed by atoms with Gasteiger partial charge in [-0.1, -0.05) is 135 Å². The van der Waals surface area contributed by atoms with E-state index in [0.29, 0.717) is 0 Å². The fraction of sp³-hybridized carbons (Fsp3) is 0.106. The molecule has 6 aromatic carbocycles. The molecule has 0 saturated heterocycles. The highest BCUT2D eigenvalue weighted by molar-refractivity contribution is 6.04. The maximum absolute atomic E-state index is 3.72. The maximum Gasteiger partial charge on any atom is 0.0544 e. The van der Waals surface area contributed by atoms with Crippen molar-refractivity contribution in [2.45, 2.75) is 33.1 Å². The average Bonchev–Trinajstić information content (AvgIpc) is 3.64. The molecule has 0 unspecified atom stereocenters. The van der Waals surface area contributed by atoms with Crippen molar-refractivity contribution in [1.82, 2.24) is 4.98 Å². The third kappa shape index (κ3) is 5.21. The third-order valence-corrected chi connectivity index (χ3v) is 10.1. The fourth-order valence-electron chi connectivity index (χ4n) is 7.66.